The number of ether oxygens (including phenoxy) is 1. The van der Waals surface area contributed by atoms with Crippen LogP contribution in [0.3, 0.4) is 0 Å². The summed E-state index contributed by atoms with van der Waals surface area (Å²) >= 11 is 0. The molecule has 1 unspecified atom stereocenters. The smallest absolute Gasteiger partial charge is 0.135 e. The normalized spacial score (nSPS) is 12.8. The summed E-state index contributed by atoms with van der Waals surface area (Å²) in [5.74, 6) is 2.36. The van der Waals surface area contributed by atoms with Gasteiger partial charge >= 0.3 is 0 Å². The molecule has 0 aliphatic heterocycles. The Balaban J connectivity index is 2.97. The fraction of sp³-hybridized carbons (Fsp3) is 0.667. The molecule has 1 aromatic heterocycles. The molecular formula is C12H22N4O. The maximum absolute atomic E-state index is 5.89. The van der Waals surface area contributed by atoms with E-state index in [0.717, 1.165) is 17.2 Å². The Labute approximate surface area is 103 Å². The molecule has 1 aromatic rings. The van der Waals surface area contributed by atoms with Gasteiger partial charge in [0, 0.05) is 24.6 Å². The predicted octanol–water partition coefficient (Wildman–Crippen LogP) is 1.94. The van der Waals surface area contributed by atoms with Gasteiger partial charge in [0.1, 0.15) is 17.5 Å². The second-order valence-electron chi connectivity index (χ2n) is 4.60. The number of nitrogens with two attached hydrogens (primary N) is 1. The molecule has 0 aliphatic carbocycles. The molecular weight excluding hydrogens is 216 g/mol. The number of nitrogen functional groups attached to an aromatic ring is 1. The molecule has 0 saturated carbocycles. The van der Waals surface area contributed by atoms with Gasteiger partial charge in [0.05, 0.1) is 6.61 Å². The molecule has 0 aromatic carbocycles. The van der Waals surface area contributed by atoms with Crippen LogP contribution in [-0.2, 0) is 4.74 Å². The zero-order valence-corrected chi connectivity index (χ0v) is 11.2. The summed E-state index contributed by atoms with van der Waals surface area (Å²) in [7, 11) is 1.68. The molecule has 0 radical (unpaired) electrons. The molecule has 96 valence electrons. The second kappa shape index (κ2) is 5.82. The van der Waals surface area contributed by atoms with Crippen LogP contribution in [0.5, 0.6) is 0 Å². The van der Waals surface area contributed by atoms with Crippen molar-refractivity contribution >= 4 is 11.6 Å². The summed E-state index contributed by atoms with van der Waals surface area (Å²) < 4.78 is 5.09. The Morgan fingerprint density at radius 3 is 2.47 bits per heavy atom. The van der Waals surface area contributed by atoms with Crippen molar-refractivity contribution in [3.8, 4) is 0 Å². The number of rotatable bonds is 5. The minimum Gasteiger partial charge on any atom is -0.383 e. The van der Waals surface area contributed by atoms with E-state index in [2.05, 4.69) is 15.3 Å². The fourth-order valence-corrected chi connectivity index (χ4v) is 1.48. The molecule has 0 saturated heterocycles. The fourth-order valence-electron chi connectivity index (χ4n) is 1.48. The van der Waals surface area contributed by atoms with Gasteiger partial charge in [-0.3, -0.25) is 0 Å². The highest BCUT2D eigenvalue weighted by Gasteiger charge is 2.12. The Morgan fingerprint density at radius 2 is 1.94 bits per heavy atom. The number of methoxy groups -OCH3 is 1. The van der Waals surface area contributed by atoms with E-state index in [-0.39, 0.29) is 12.0 Å². The Kier molecular flexibility index (Phi) is 4.69. The van der Waals surface area contributed by atoms with Crippen LogP contribution in [0.1, 0.15) is 38.1 Å². The zero-order valence-electron chi connectivity index (χ0n) is 11.2. The zero-order chi connectivity index (χ0) is 13.0. The van der Waals surface area contributed by atoms with E-state index in [1.54, 1.807) is 7.11 Å². The van der Waals surface area contributed by atoms with Crippen molar-refractivity contribution in [3.05, 3.63) is 11.4 Å². The van der Waals surface area contributed by atoms with Gasteiger partial charge in [-0.25, -0.2) is 9.97 Å². The standard InChI is InChI=1S/C12H22N4O/c1-7(2)11-15-10(13)9(4)12(16-11)14-8(3)6-17-5/h7-8H,6H2,1-5H3,(H3,13,14,15,16). The van der Waals surface area contributed by atoms with Crippen molar-refractivity contribution in [3.63, 3.8) is 0 Å². The summed E-state index contributed by atoms with van der Waals surface area (Å²) in [6, 6.07) is 0.188. The highest BCUT2D eigenvalue weighted by molar-refractivity contribution is 5.55. The summed E-state index contributed by atoms with van der Waals surface area (Å²) in [5, 5.41) is 3.29. The van der Waals surface area contributed by atoms with E-state index in [1.165, 1.54) is 0 Å². The molecule has 1 atom stereocenters. The first-order valence-electron chi connectivity index (χ1n) is 5.85. The molecule has 0 bridgehead atoms. The molecule has 0 amide bonds. The number of nitrogens with one attached hydrogen (secondary N) is 1. The van der Waals surface area contributed by atoms with Gasteiger partial charge in [-0.2, -0.15) is 0 Å². The van der Waals surface area contributed by atoms with Crippen LogP contribution < -0.4 is 11.1 Å². The van der Waals surface area contributed by atoms with Crippen LogP contribution in [0.15, 0.2) is 0 Å². The molecule has 0 spiro atoms. The first-order chi connectivity index (χ1) is 7.95. The van der Waals surface area contributed by atoms with E-state index in [9.17, 15) is 0 Å². The number of hydrogen-bond donors (Lipinski definition) is 2. The summed E-state index contributed by atoms with van der Waals surface area (Å²) in [6.45, 7) is 8.68. The molecule has 3 N–H and O–H groups in total. The lowest BCUT2D eigenvalue weighted by Crippen LogP contribution is -2.23. The largest absolute Gasteiger partial charge is 0.383 e. The van der Waals surface area contributed by atoms with E-state index in [1.807, 2.05) is 27.7 Å². The lowest BCUT2D eigenvalue weighted by Gasteiger charge is -2.17. The van der Waals surface area contributed by atoms with Crippen molar-refractivity contribution in [2.75, 3.05) is 24.8 Å². The number of anilines is 2. The number of aromatic nitrogens is 2. The monoisotopic (exact) mass is 238 g/mol. The lowest BCUT2D eigenvalue weighted by atomic mass is 10.2. The summed E-state index contributed by atoms with van der Waals surface area (Å²) in [6.07, 6.45) is 0. The third-order valence-electron chi connectivity index (χ3n) is 2.52. The van der Waals surface area contributed by atoms with Crippen molar-refractivity contribution < 1.29 is 4.74 Å². The lowest BCUT2D eigenvalue weighted by molar-refractivity contribution is 0.190. The molecule has 5 nitrogen and oxygen atoms in total. The van der Waals surface area contributed by atoms with Crippen LogP contribution in [0, 0.1) is 6.92 Å². The Bertz CT molecular complexity index is 379. The third kappa shape index (κ3) is 3.56. The highest BCUT2D eigenvalue weighted by atomic mass is 16.5. The minimum absolute atomic E-state index is 0.188. The molecule has 5 heteroatoms. The van der Waals surface area contributed by atoms with Crippen molar-refractivity contribution in [2.24, 2.45) is 0 Å². The van der Waals surface area contributed by atoms with E-state index < -0.39 is 0 Å². The summed E-state index contributed by atoms with van der Waals surface area (Å²) in [4.78, 5) is 8.78. The first kappa shape index (κ1) is 13.7. The van der Waals surface area contributed by atoms with Crippen LogP contribution in [-0.4, -0.2) is 29.7 Å². The SMILES string of the molecule is COCC(C)Nc1nc(C(C)C)nc(N)c1C. The molecule has 1 rings (SSSR count). The second-order valence-corrected chi connectivity index (χ2v) is 4.60. The van der Waals surface area contributed by atoms with Gasteiger partial charge in [0.15, 0.2) is 0 Å². The van der Waals surface area contributed by atoms with Crippen molar-refractivity contribution in [2.45, 2.75) is 39.7 Å². The van der Waals surface area contributed by atoms with Gasteiger partial charge in [-0.1, -0.05) is 13.8 Å². The van der Waals surface area contributed by atoms with Crippen molar-refractivity contribution in [1.29, 1.82) is 0 Å². The molecule has 0 fully saturated rings. The average Bonchev–Trinajstić information content (AvgIpc) is 2.24. The summed E-state index contributed by atoms with van der Waals surface area (Å²) in [5.41, 5.74) is 6.77. The quantitative estimate of drug-likeness (QED) is 0.820. The van der Waals surface area contributed by atoms with Crippen LogP contribution >= 0.6 is 0 Å². The highest BCUT2D eigenvalue weighted by Crippen LogP contribution is 2.21. The molecule has 17 heavy (non-hydrogen) atoms. The maximum atomic E-state index is 5.89. The van der Waals surface area contributed by atoms with Crippen LogP contribution in [0.25, 0.3) is 0 Å². The topological polar surface area (TPSA) is 73.1 Å². The van der Waals surface area contributed by atoms with E-state index in [0.29, 0.717) is 12.4 Å². The van der Waals surface area contributed by atoms with Crippen LogP contribution in [0.4, 0.5) is 11.6 Å². The van der Waals surface area contributed by atoms with Gasteiger partial charge < -0.3 is 15.8 Å². The molecule has 1 heterocycles. The predicted molar refractivity (Wildman–Crippen MR) is 70.2 cm³/mol. The third-order valence-corrected chi connectivity index (χ3v) is 2.52. The van der Waals surface area contributed by atoms with Gasteiger partial charge in [0.2, 0.25) is 0 Å². The van der Waals surface area contributed by atoms with Gasteiger partial charge in [0.25, 0.3) is 0 Å². The number of nitrogens with zero attached hydrogens (tertiary/aromatic N) is 2. The van der Waals surface area contributed by atoms with E-state index >= 15 is 0 Å². The Morgan fingerprint density at radius 1 is 1.29 bits per heavy atom. The molecule has 0 aliphatic rings. The number of hydrogen-bond acceptors (Lipinski definition) is 5. The average molecular weight is 238 g/mol. The minimum atomic E-state index is 0.188. The van der Waals surface area contributed by atoms with Crippen LogP contribution in [0.2, 0.25) is 0 Å². The van der Waals surface area contributed by atoms with E-state index in [4.69, 9.17) is 10.5 Å². The Hall–Kier alpha value is -1.36. The van der Waals surface area contributed by atoms with Gasteiger partial charge in [-0.15, -0.1) is 0 Å². The maximum Gasteiger partial charge on any atom is 0.135 e. The van der Waals surface area contributed by atoms with Crippen molar-refractivity contribution in [1.82, 2.24) is 9.97 Å². The first-order valence-corrected chi connectivity index (χ1v) is 5.85. The van der Waals surface area contributed by atoms with Gasteiger partial charge in [-0.05, 0) is 13.8 Å².